The van der Waals surface area contributed by atoms with Crippen LogP contribution in [0, 0.1) is 0 Å². The Morgan fingerprint density at radius 3 is 2.78 bits per heavy atom. The predicted octanol–water partition coefficient (Wildman–Crippen LogP) is 3.69. The molecule has 3 aromatic rings. The maximum Gasteiger partial charge on any atom is 0.247 e. The number of methoxy groups -OCH3 is 1. The molecule has 0 saturated carbocycles. The first-order valence-electron chi connectivity index (χ1n) is 7.17. The summed E-state index contributed by atoms with van der Waals surface area (Å²) in [5.74, 6) is 1.74. The van der Waals surface area contributed by atoms with Crippen molar-refractivity contribution in [3.8, 4) is 17.2 Å². The highest BCUT2D eigenvalue weighted by molar-refractivity contribution is 6.31. The number of nitrogens with one attached hydrogen (secondary N) is 1. The fourth-order valence-corrected chi connectivity index (χ4v) is 2.35. The van der Waals surface area contributed by atoms with Crippen molar-refractivity contribution in [1.29, 1.82) is 0 Å². The lowest BCUT2D eigenvalue weighted by Gasteiger charge is -2.04. The third-order valence-corrected chi connectivity index (χ3v) is 3.70. The Labute approximate surface area is 139 Å². The molecule has 0 fully saturated rings. The van der Waals surface area contributed by atoms with Gasteiger partial charge in [-0.3, -0.25) is 0 Å². The minimum absolute atomic E-state index is 0.471. The minimum Gasteiger partial charge on any atom is -0.497 e. The van der Waals surface area contributed by atoms with Gasteiger partial charge in [0.1, 0.15) is 5.75 Å². The van der Waals surface area contributed by atoms with Crippen LogP contribution in [0.15, 0.2) is 52.9 Å². The first-order chi connectivity index (χ1) is 11.3. The van der Waals surface area contributed by atoms with E-state index in [0.29, 0.717) is 24.9 Å². The van der Waals surface area contributed by atoms with Crippen molar-refractivity contribution in [3.05, 3.63) is 65.0 Å². The average Bonchev–Trinajstić information content (AvgIpc) is 3.06. The van der Waals surface area contributed by atoms with E-state index in [-0.39, 0.29) is 0 Å². The number of rotatable bonds is 6. The predicted molar refractivity (Wildman–Crippen MR) is 88.3 cm³/mol. The summed E-state index contributed by atoms with van der Waals surface area (Å²) in [5, 5.41) is 12.1. The lowest BCUT2D eigenvalue weighted by atomic mass is 10.2. The summed E-state index contributed by atoms with van der Waals surface area (Å²) >= 11 is 6.12. The molecule has 5 nitrogen and oxygen atoms in total. The van der Waals surface area contributed by atoms with Crippen molar-refractivity contribution in [2.75, 3.05) is 7.11 Å². The Hall–Kier alpha value is -2.37. The van der Waals surface area contributed by atoms with Gasteiger partial charge in [-0.05, 0) is 29.8 Å². The molecule has 0 amide bonds. The maximum atomic E-state index is 6.12. The van der Waals surface area contributed by atoms with Crippen LogP contribution in [-0.4, -0.2) is 17.3 Å². The summed E-state index contributed by atoms with van der Waals surface area (Å²) in [6, 6.07) is 15.2. The van der Waals surface area contributed by atoms with Gasteiger partial charge in [0, 0.05) is 17.1 Å². The lowest BCUT2D eigenvalue weighted by Crippen LogP contribution is -2.13. The van der Waals surface area contributed by atoms with E-state index in [1.54, 1.807) is 7.11 Å². The molecule has 118 valence electrons. The summed E-state index contributed by atoms with van der Waals surface area (Å²) in [6.45, 7) is 1.11. The van der Waals surface area contributed by atoms with E-state index in [9.17, 15) is 0 Å². The molecule has 2 aromatic carbocycles. The summed E-state index contributed by atoms with van der Waals surface area (Å²) in [6.07, 6.45) is 0. The molecule has 0 aliphatic carbocycles. The molecule has 0 bridgehead atoms. The highest BCUT2D eigenvalue weighted by atomic mass is 35.5. The Balaban J connectivity index is 1.62. The molecule has 0 aliphatic heterocycles. The number of halogens is 1. The molecule has 0 aliphatic rings. The first-order valence-corrected chi connectivity index (χ1v) is 7.55. The zero-order valence-corrected chi connectivity index (χ0v) is 13.4. The van der Waals surface area contributed by atoms with Gasteiger partial charge in [-0.15, -0.1) is 10.2 Å². The van der Waals surface area contributed by atoms with Crippen LogP contribution in [0.4, 0.5) is 0 Å². The van der Waals surface area contributed by atoms with Crippen molar-refractivity contribution in [2.45, 2.75) is 13.1 Å². The molecule has 0 unspecified atom stereocenters. The number of ether oxygens (including phenoxy) is 1. The van der Waals surface area contributed by atoms with E-state index in [2.05, 4.69) is 15.5 Å². The van der Waals surface area contributed by atoms with Crippen LogP contribution in [0.2, 0.25) is 5.02 Å². The summed E-state index contributed by atoms with van der Waals surface area (Å²) in [4.78, 5) is 0. The quantitative estimate of drug-likeness (QED) is 0.747. The van der Waals surface area contributed by atoms with Gasteiger partial charge in [0.2, 0.25) is 11.8 Å². The van der Waals surface area contributed by atoms with Gasteiger partial charge in [0.15, 0.2) is 0 Å². The smallest absolute Gasteiger partial charge is 0.247 e. The van der Waals surface area contributed by atoms with E-state index in [1.807, 2.05) is 48.5 Å². The number of hydrogen-bond acceptors (Lipinski definition) is 5. The van der Waals surface area contributed by atoms with Crippen LogP contribution < -0.4 is 10.1 Å². The molecule has 1 heterocycles. The van der Waals surface area contributed by atoms with Crippen molar-refractivity contribution in [2.24, 2.45) is 0 Å². The van der Waals surface area contributed by atoms with E-state index in [4.69, 9.17) is 20.8 Å². The van der Waals surface area contributed by atoms with Crippen LogP contribution in [0.1, 0.15) is 11.5 Å². The molecule has 1 aromatic heterocycles. The minimum atomic E-state index is 0.471. The monoisotopic (exact) mass is 329 g/mol. The van der Waals surface area contributed by atoms with Crippen molar-refractivity contribution in [3.63, 3.8) is 0 Å². The van der Waals surface area contributed by atoms with Gasteiger partial charge < -0.3 is 14.5 Å². The van der Waals surface area contributed by atoms with Crippen LogP contribution in [0.25, 0.3) is 11.5 Å². The fraction of sp³-hybridized carbons (Fsp3) is 0.176. The van der Waals surface area contributed by atoms with E-state index < -0.39 is 0 Å². The van der Waals surface area contributed by atoms with Crippen LogP contribution in [0.3, 0.4) is 0 Å². The molecule has 0 radical (unpaired) electrons. The molecule has 0 saturated heterocycles. The highest BCUT2D eigenvalue weighted by Crippen LogP contribution is 2.22. The van der Waals surface area contributed by atoms with Gasteiger partial charge in [-0.2, -0.15) is 0 Å². The van der Waals surface area contributed by atoms with Gasteiger partial charge in [-0.25, -0.2) is 0 Å². The third kappa shape index (κ3) is 3.88. The number of benzene rings is 2. The molecule has 0 spiro atoms. The molecule has 23 heavy (non-hydrogen) atoms. The highest BCUT2D eigenvalue weighted by Gasteiger charge is 2.09. The van der Waals surface area contributed by atoms with Crippen molar-refractivity contribution >= 4 is 11.6 Å². The summed E-state index contributed by atoms with van der Waals surface area (Å²) in [5.41, 5.74) is 1.86. The average molecular weight is 330 g/mol. The fourth-order valence-electron chi connectivity index (χ4n) is 2.14. The first kappa shape index (κ1) is 15.5. The van der Waals surface area contributed by atoms with Crippen LogP contribution in [0.5, 0.6) is 5.75 Å². The van der Waals surface area contributed by atoms with Crippen LogP contribution >= 0.6 is 11.6 Å². The number of hydrogen-bond donors (Lipinski definition) is 1. The SMILES string of the molecule is COc1cccc(-c2nnc(CNCc3ccccc3Cl)o2)c1. The van der Waals surface area contributed by atoms with Gasteiger partial charge in [-0.1, -0.05) is 35.9 Å². The second-order valence-corrected chi connectivity index (χ2v) is 5.34. The molecular formula is C17H16ClN3O2. The standard InChI is InChI=1S/C17H16ClN3O2/c1-22-14-7-4-6-12(9-14)17-21-20-16(23-17)11-19-10-13-5-2-3-8-15(13)18/h2-9,19H,10-11H2,1H3. The lowest BCUT2D eigenvalue weighted by molar-refractivity contribution is 0.414. The Morgan fingerprint density at radius 1 is 1.09 bits per heavy atom. The third-order valence-electron chi connectivity index (χ3n) is 3.33. The van der Waals surface area contributed by atoms with E-state index >= 15 is 0 Å². The van der Waals surface area contributed by atoms with Gasteiger partial charge in [0.25, 0.3) is 0 Å². The molecule has 6 heteroatoms. The summed E-state index contributed by atoms with van der Waals surface area (Å²) < 4.78 is 10.9. The molecule has 0 atom stereocenters. The molecule has 1 N–H and O–H groups in total. The molecule has 3 rings (SSSR count). The zero-order valence-electron chi connectivity index (χ0n) is 12.6. The van der Waals surface area contributed by atoms with Crippen LogP contribution in [-0.2, 0) is 13.1 Å². The van der Waals surface area contributed by atoms with Crippen molar-refractivity contribution < 1.29 is 9.15 Å². The van der Waals surface area contributed by atoms with Gasteiger partial charge in [0.05, 0.1) is 13.7 Å². The Bertz CT molecular complexity index is 789. The Kier molecular flexibility index (Phi) is 4.90. The Morgan fingerprint density at radius 2 is 1.96 bits per heavy atom. The largest absolute Gasteiger partial charge is 0.497 e. The number of nitrogens with zero attached hydrogens (tertiary/aromatic N) is 2. The van der Waals surface area contributed by atoms with E-state index in [0.717, 1.165) is 21.9 Å². The topological polar surface area (TPSA) is 60.2 Å². The number of aromatic nitrogens is 2. The second-order valence-electron chi connectivity index (χ2n) is 4.93. The maximum absolute atomic E-state index is 6.12. The second kappa shape index (κ2) is 7.26. The molecular weight excluding hydrogens is 314 g/mol. The summed E-state index contributed by atoms with van der Waals surface area (Å²) in [7, 11) is 1.62. The zero-order chi connectivity index (χ0) is 16.1. The van der Waals surface area contributed by atoms with Gasteiger partial charge >= 0.3 is 0 Å². The van der Waals surface area contributed by atoms with Crippen molar-refractivity contribution in [1.82, 2.24) is 15.5 Å². The van der Waals surface area contributed by atoms with E-state index in [1.165, 1.54) is 0 Å². The normalized spacial score (nSPS) is 10.7.